The van der Waals surface area contributed by atoms with Gasteiger partial charge in [-0.05, 0) is 43.2 Å². The highest BCUT2D eigenvalue weighted by molar-refractivity contribution is 5.96. The van der Waals surface area contributed by atoms with Crippen molar-refractivity contribution in [1.29, 1.82) is 0 Å². The van der Waals surface area contributed by atoms with Crippen LogP contribution in [0.25, 0.3) is 0 Å². The summed E-state index contributed by atoms with van der Waals surface area (Å²) in [6, 6.07) is 13.0. The van der Waals surface area contributed by atoms with Gasteiger partial charge in [0.15, 0.2) is 0 Å². The van der Waals surface area contributed by atoms with Crippen LogP contribution in [0.4, 0.5) is 17.5 Å². The minimum Gasteiger partial charge on any atom is -0.465 e. The summed E-state index contributed by atoms with van der Waals surface area (Å²) in [5.41, 5.74) is 3.13. The van der Waals surface area contributed by atoms with Crippen LogP contribution in [0.15, 0.2) is 54.9 Å². The van der Waals surface area contributed by atoms with E-state index in [4.69, 9.17) is 4.74 Å². The summed E-state index contributed by atoms with van der Waals surface area (Å²) in [5, 5.41) is 3.21. The molecule has 7 heteroatoms. The maximum absolute atomic E-state index is 12.0. The first-order chi connectivity index (χ1) is 13.6. The molecule has 0 amide bonds. The fourth-order valence-electron chi connectivity index (χ4n) is 2.75. The quantitative estimate of drug-likeness (QED) is 0.632. The van der Waals surface area contributed by atoms with Gasteiger partial charge in [-0.1, -0.05) is 12.1 Å². The molecule has 0 aliphatic heterocycles. The van der Waals surface area contributed by atoms with E-state index >= 15 is 0 Å². The fourth-order valence-corrected chi connectivity index (χ4v) is 2.75. The summed E-state index contributed by atoms with van der Waals surface area (Å²) in [4.78, 5) is 27.2. The van der Waals surface area contributed by atoms with Gasteiger partial charge in [-0.2, -0.15) is 4.98 Å². The number of nitrogens with one attached hydrogen (secondary N) is 1. The number of carbonyl (C=O) groups is 1. The van der Waals surface area contributed by atoms with Crippen molar-refractivity contribution < 1.29 is 9.53 Å². The molecule has 1 N–H and O–H groups in total. The third-order valence-electron chi connectivity index (χ3n) is 4.26. The van der Waals surface area contributed by atoms with Gasteiger partial charge in [0, 0.05) is 37.7 Å². The summed E-state index contributed by atoms with van der Waals surface area (Å²) in [6.45, 7) is 2.69. The Morgan fingerprint density at radius 3 is 2.64 bits per heavy atom. The summed E-state index contributed by atoms with van der Waals surface area (Å²) < 4.78 is 4.85. The Morgan fingerprint density at radius 1 is 1.14 bits per heavy atom. The Kier molecular flexibility index (Phi) is 6.16. The molecule has 144 valence electrons. The predicted molar refractivity (Wildman–Crippen MR) is 109 cm³/mol. The van der Waals surface area contributed by atoms with E-state index < -0.39 is 5.97 Å². The van der Waals surface area contributed by atoms with Gasteiger partial charge in [0.05, 0.1) is 18.4 Å². The van der Waals surface area contributed by atoms with E-state index in [-0.39, 0.29) is 0 Å². The van der Waals surface area contributed by atoms with Crippen LogP contribution >= 0.6 is 0 Å². The Labute approximate surface area is 164 Å². The van der Waals surface area contributed by atoms with Crippen LogP contribution in [0.1, 0.15) is 21.6 Å². The molecular weight excluding hydrogens is 354 g/mol. The lowest BCUT2D eigenvalue weighted by atomic mass is 10.2. The molecule has 0 spiro atoms. The summed E-state index contributed by atoms with van der Waals surface area (Å²) in [7, 11) is 3.33. The summed E-state index contributed by atoms with van der Waals surface area (Å²) in [6.07, 6.45) is 4.45. The SMILES string of the molecule is COC(=O)c1ccccc1Nc1cc(C)nc(N(C)CCc2ccncc2)n1. The number of rotatable bonds is 7. The molecule has 0 atom stereocenters. The number of pyridine rings is 1. The van der Waals surface area contributed by atoms with Crippen LogP contribution in [0.5, 0.6) is 0 Å². The molecule has 28 heavy (non-hydrogen) atoms. The number of hydrogen-bond acceptors (Lipinski definition) is 7. The molecule has 2 heterocycles. The smallest absolute Gasteiger partial charge is 0.339 e. The maximum atomic E-state index is 12.0. The second-order valence-corrected chi connectivity index (χ2v) is 6.38. The third kappa shape index (κ3) is 4.82. The number of carbonyl (C=O) groups excluding carboxylic acids is 1. The first-order valence-corrected chi connectivity index (χ1v) is 8.97. The van der Waals surface area contributed by atoms with Crippen LogP contribution in [0, 0.1) is 6.92 Å². The van der Waals surface area contributed by atoms with Gasteiger partial charge in [-0.25, -0.2) is 9.78 Å². The molecule has 0 bridgehead atoms. The second-order valence-electron chi connectivity index (χ2n) is 6.38. The molecule has 3 rings (SSSR count). The van der Waals surface area contributed by atoms with Crippen molar-refractivity contribution in [2.75, 3.05) is 30.9 Å². The molecule has 0 radical (unpaired) electrons. The first kappa shape index (κ1) is 19.3. The highest BCUT2D eigenvalue weighted by Gasteiger charge is 2.13. The lowest BCUT2D eigenvalue weighted by Gasteiger charge is -2.19. The van der Waals surface area contributed by atoms with E-state index in [2.05, 4.69) is 20.3 Å². The largest absolute Gasteiger partial charge is 0.465 e. The molecule has 1 aromatic carbocycles. The van der Waals surface area contributed by atoms with Crippen LogP contribution in [0.3, 0.4) is 0 Å². The van der Waals surface area contributed by atoms with Gasteiger partial charge in [0.1, 0.15) is 5.82 Å². The Balaban J connectivity index is 1.77. The normalized spacial score (nSPS) is 10.4. The van der Waals surface area contributed by atoms with E-state index in [0.29, 0.717) is 23.0 Å². The van der Waals surface area contributed by atoms with Crippen LogP contribution in [-0.2, 0) is 11.2 Å². The Hall–Kier alpha value is -3.48. The minimum atomic E-state index is -0.399. The molecule has 3 aromatic rings. The topological polar surface area (TPSA) is 80.2 Å². The van der Waals surface area contributed by atoms with Crippen LogP contribution in [0.2, 0.25) is 0 Å². The van der Waals surface area contributed by atoms with Gasteiger partial charge >= 0.3 is 5.97 Å². The van der Waals surface area contributed by atoms with Crippen LogP contribution < -0.4 is 10.2 Å². The summed E-state index contributed by atoms with van der Waals surface area (Å²) in [5.74, 6) is 0.838. The number of aromatic nitrogens is 3. The number of nitrogens with zero attached hydrogens (tertiary/aromatic N) is 4. The molecule has 0 aliphatic carbocycles. The number of anilines is 3. The molecule has 0 unspecified atom stereocenters. The zero-order valence-corrected chi connectivity index (χ0v) is 16.2. The van der Waals surface area contributed by atoms with E-state index in [1.54, 1.807) is 24.5 Å². The van der Waals surface area contributed by atoms with Crippen molar-refractivity contribution in [2.45, 2.75) is 13.3 Å². The molecule has 0 fully saturated rings. The number of esters is 1. The van der Waals surface area contributed by atoms with Crippen molar-refractivity contribution in [3.05, 3.63) is 71.7 Å². The second kappa shape index (κ2) is 8.94. The highest BCUT2D eigenvalue weighted by atomic mass is 16.5. The van der Waals surface area contributed by atoms with Gasteiger partial charge in [-0.15, -0.1) is 0 Å². The Morgan fingerprint density at radius 2 is 1.89 bits per heavy atom. The average molecular weight is 377 g/mol. The highest BCUT2D eigenvalue weighted by Crippen LogP contribution is 2.22. The fraction of sp³-hybridized carbons (Fsp3) is 0.238. The van der Waals surface area contributed by atoms with Gasteiger partial charge in [-0.3, -0.25) is 4.98 Å². The number of aryl methyl sites for hydroxylation is 1. The zero-order chi connectivity index (χ0) is 19.9. The number of benzene rings is 1. The van der Waals surface area contributed by atoms with E-state index in [1.165, 1.54) is 12.7 Å². The van der Waals surface area contributed by atoms with Crippen molar-refractivity contribution >= 4 is 23.4 Å². The summed E-state index contributed by atoms with van der Waals surface area (Å²) >= 11 is 0. The number of para-hydroxylation sites is 1. The molecule has 0 saturated heterocycles. The van der Waals surface area contributed by atoms with Gasteiger partial charge in [0.25, 0.3) is 0 Å². The van der Waals surface area contributed by atoms with Crippen molar-refractivity contribution in [1.82, 2.24) is 15.0 Å². The van der Waals surface area contributed by atoms with Crippen LogP contribution in [-0.4, -0.2) is 41.6 Å². The monoisotopic (exact) mass is 377 g/mol. The first-order valence-electron chi connectivity index (χ1n) is 8.97. The van der Waals surface area contributed by atoms with Gasteiger partial charge < -0.3 is 15.0 Å². The molecule has 0 saturated carbocycles. The number of ether oxygens (including phenoxy) is 1. The van der Waals surface area contributed by atoms with Gasteiger partial charge in [0.2, 0.25) is 5.95 Å². The third-order valence-corrected chi connectivity index (χ3v) is 4.26. The maximum Gasteiger partial charge on any atom is 0.339 e. The van der Waals surface area contributed by atoms with E-state index in [1.807, 2.05) is 49.2 Å². The molecule has 0 aliphatic rings. The lowest BCUT2D eigenvalue weighted by molar-refractivity contribution is 0.0602. The van der Waals surface area contributed by atoms with Crippen molar-refractivity contribution in [2.24, 2.45) is 0 Å². The number of likely N-dealkylation sites (N-methyl/N-ethyl adjacent to an activating group) is 1. The Bertz CT molecular complexity index is 947. The molecule has 7 nitrogen and oxygen atoms in total. The van der Waals surface area contributed by atoms with Crippen molar-refractivity contribution in [3.8, 4) is 0 Å². The number of hydrogen-bond donors (Lipinski definition) is 1. The predicted octanol–water partition coefficient (Wildman–Crippen LogP) is 3.39. The standard InChI is InChI=1S/C21H23N5O2/c1-15-14-19(24-18-7-5-4-6-17(18)20(27)28-3)25-21(23-15)26(2)13-10-16-8-11-22-12-9-16/h4-9,11-12,14H,10,13H2,1-3H3,(H,23,24,25). The van der Waals surface area contributed by atoms with Crippen molar-refractivity contribution in [3.63, 3.8) is 0 Å². The number of methoxy groups -OCH3 is 1. The minimum absolute atomic E-state index is 0.399. The van der Waals surface area contributed by atoms with E-state index in [9.17, 15) is 4.79 Å². The molecular formula is C21H23N5O2. The average Bonchev–Trinajstić information content (AvgIpc) is 2.72. The molecule has 2 aromatic heterocycles. The zero-order valence-electron chi connectivity index (χ0n) is 16.2. The van der Waals surface area contributed by atoms with E-state index in [0.717, 1.165) is 18.7 Å². The lowest BCUT2D eigenvalue weighted by Crippen LogP contribution is -2.23.